The van der Waals surface area contributed by atoms with Gasteiger partial charge in [-0.3, -0.25) is 4.79 Å². The molecule has 0 bridgehead atoms. The van der Waals surface area contributed by atoms with Gasteiger partial charge in [-0.1, -0.05) is 11.6 Å². The average Bonchev–Trinajstić information content (AvgIpc) is 2.58. The molecule has 0 aliphatic carbocycles. The lowest BCUT2D eigenvalue weighted by molar-refractivity contribution is -0.127. The van der Waals surface area contributed by atoms with Crippen LogP contribution in [0.15, 0.2) is 41.5 Å². The number of methoxy groups -OCH3 is 1. The number of rotatable bonds is 6. The molecule has 0 unspecified atom stereocenters. The Morgan fingerprint density at radius 1 is 1.28 bits per heavy atom. The molecule has 1 amide bonds. The van der Waals surface area contributed by atoms with Gasteiger partial charge in [0.1, 0.15) is 5.75 Å². The molecule has 25 heavy (non-hydrogen) atoms. The lowest BCUT2D eigenvalue weighted by Crippen LogP contribution is -2.33. The molecule has 2 rings (SSSR count). The van der Waals surface area contributed by atoms with Crippen molar-refractivity contribution < 1.29 is 19.4 Å². The number of benzene rings is 2. The van der Waals surface area contributed by atoms with Crippen LogP contribution >= 0.6 is 11.6 Å². The van der Waals surface area contributed by atoms with Crippen molar-refractivity contribution in [3.8, 4) is 17.2 Å². The van der Waals surface area contributed by atoms with E-state index in [-0.39, 0.29) is 5.75 Å². The number of aromatic hydroxyl groups is 1. The number of ether oxygens (including phenoxy) is 2. The summed E-state index contributed by atoms with van der Waals surface area (Å²) < 4.78 is 10.6. The molecule has 0 radical (unpaired) electrons. The summed E-state index contributed by atoms with van der Waals surface area (Å²) in [5, 5.41) is 14.0. The summed E-state index contributed by atoms with van der Waals surface area (Å²) in [5.41, 5.74) is 3.91. The Labute approximate surface area is 151 Å². The molecule has 0 aliphatic heterocycles. The second-order valence-corrected chi connectivity index (χ2v) is 5.77. The van der Waals surface area contributed by atoms with Gasteiger partial charge < -0.3 is 14.6 Å². The van der Waals surface area contributed by atoms with E-state index in [4.69, 9.17) is 21.1 Å². The molecule has 0 fully saturated rings. The molecule has 0 aliphatic rings. The monoisotopic (exact) mass is 362 g/mol. The number of phenols is 1. The molecule has 2 aromatic rings. The zero-order valence-corrected chi connectivity index (χ0v) is 14.9. The number of hydrogen-bond donors (Lipinski definition) is 2. The largest absolute Gasteiger partial charge is 0.504 e. The summed E-state index contributed by atoms with van der Waals surface area (Å²) in [6.07, 6.45) is 0.714. The van der Waals surface area contributed by atoms with E-state index in [1.54, 1.807) is 37.3 Å². The fraction of sp³-hybridized carbons (Fsp3) is 0.222. The molecule has 2 aromatic carbocycles. The van der Waals surface area contributed by atoms with Gasteiger partial charge in [0.25, 0.3) is 5.91 Å². The summed E-state index contributed by atoms with van der Waals surface area (Å²) in [7, 11) is 1.45. The van der Waals surface area contributed by atoms with Crippen LogP contribution in [0.4, 0.5) is 0 Å². The highest BCUT2D eigenvalue weighted by Crippen LogP contribution is 2.25. The normalized spacial score (nSPS) is 12.0. The Kier molecular flexibility index (Phi) is 6.25. The SMILES string of the molecule is COc1cc(/C=N\NC(=O)[C@H](C)Oc2ccc(Cl)cc2C)ccc1O. The van der Waals surface area contributed by atoms with E-state index in [1.165, 1.54) is 19.4 Å². The Hall–Kier alpha value is -2.73. The van der Waals surface area contributed by atoms with Crippen molar-refractivity contribution >= 4 is 23.7 Å². The van der Waals surface area contributed by atoms with Crippen LogP contribution < -0.4 is 14.9 Å². The lowest BCUT2D eigenvalue weighted by Gasteiger charge is -2.14. The van der Waals surface area contributed by atoms with Gasteiger partial charge in [0, 0.05) is 5.02 Å². The number of hydrogen-bond acceptors (Lipinski definition) is 5. The van der Waals surface area contributed by atoms with Crippen LogP contribution in [0.3, 0.4) is 0 Å². The molecule has 1 atom stereocenters. The van der Waals surface area contributed by atoms with E-state index in [0.717, 1.165) is 5.56 Å². The highest BCUT2D eigenvalue weighted by Gasteiger charge is 2.15. The van der Waals surface area contributed by atoms with Gasteiger partial charge >= 0.3 is 0 Å². The van der Waals surface area contributed by atoms with Crippen molar-refractivity contribution in [2.75, 3.05) is 7.11 Å². The molecular formula is C18H19ClN2O4. The van der Waals surface area contributed by atoms with Gasteiger partial charge in [-0.15, -0.1) is 0 Å². The van der Waals surface area contributed by atoms with E-state index in [9.17, 15) is 9.90 Å². The number of amides is 1. The summed E-state index contributed by atoms with van der Waals surface area (Å²) >= 11 is 5.90. The highest BCUT2D eigenvalue weighted by atomic mass is 35.5. The van der Waals surface area contributed by atoms with Crippen molar-refractivity contribution in [3.05, 3.63) is 52.5 Å². The van der Waals surface area contributed by atoms with Crippen molar-refractivity contribution in [1.29, 1.82) is 0 Å². The van der Waals surface area contributed by atoms with Crippen LogP contribution in [0, 0.1) is 6.92 Å². The number of nitrogens with one attached hydrogen (secondary N) is 1. The zero-order chi connectivity index (χ0) is 18.4. The number of phenolic OH excluding ortho intramolecular Hbond substituents is 1. The van der Waals surface area contributed by atoms with Gasteiger partial charge in [-0.2, -0.15) is 5.10 Å². The van der Waals surface area contributed by atoms with E-state index in [0.29, 0.717) is 22.1 Å². The third-order valence-electron chi connectivity index (χ3n) is 3.40. The Balaban J connectivity index is 1.94. The Bertz CT molecular complexity index is 793. The molecule has 0 saturated carbocycles. The number of aryl methyl sites for hydroxylation is 1. The van der Waals surface area contributed by atoms with Gasteiger partial charge in [0.05, 0.1) is 13.3 Å². The van der Waals surface area contributed by atoms with E-state index < -0.39 is 12.0 Å². The van der Waals surface area contributed by atoms with Gasteiger partial charge in [-0.05, 0) is 61.4 Å². The van der Waals surface area contributed by atoms with Gasteiger partial charge in [0.2, 0.25) is 0 Å². The summed E-state index contributed by atoms with van der Waals surface area (Å²) in [4.78, 5) is 12.1. The minimum atomic E-state index is -0.730. The molecule has 0 saturated heterocycles. The van der Waals surface area contributed by atoms with Crippen molar-refractivity contribution in [3.63, 3.8) is 0 Å². The van der Waals surface area contributed by atoms with E-state index in [2.05, 4.69) is 10.5 Å². The fourth-order valence-electron chi connectivity index (χ4n) is 2.02. The smallest absolute Gasteiger partial charge is 0.280 e. The third kappa shape index (κ3) is 5.12. The molecule has 7 heteroatoms. The number of halogens is 1. The minimum Gasteiger partial charge on any atom is -0.504 e. The molecule has 6 nitrogen and oxygen atoms in total. The second-order valence-electron chi connectivity index (χ2n) is 5.34. The maximum atomic E-state index is 12.1. The summed E-state index contributed by atoms with van der Waals surface area (Å²) in [5.74, 6) is 0.546. The first-order chi connectivity index (χ1) is 11.9. The highest BCUT2D eigenvalue weighted by molar-refractivity contribution is 6.30. The van der Waals surface area contributed by atoms with Crippen molar-refractivity contribution in [1.82, 2.24) is 5.43 Å². The fourth-order valence-corrected chi connectivity index (χ4v) is 2.25. The Morgan fingerprint density at radius 2 is 2.04 bits per heavy atom. The van der Waals surface area contributed by atoms with Crippen LogP contribution in [-0.2, 0) is 4.79 Å². The van der Waals surface area contributed by atoms with E-state index in [1.807, 2.05) is 6.92 Å². The third-order valence-corrected chi connectivity index (χ3v) is 3.64. The average molecular weight is 363 g/mol. The maximum Gasteiger partial charge on any atom is 0.280 e. The van der Waals surface area contributed by atoms with Gasteiger partial charge in [0.15, 0.2) is 17.6 Å². The summed E-state index contributed by atoms with van der Waals surface area (Å²) in [6.45, 7) is 3.48. The molecule has 0 spiro atoms. The Morgan fingerprint density at radius 3 is 2.72 bits per heavy atom. The van der Waals surface area contributed by atoms with Crippen LogP contribution in [0.5, 0.6) is 17.2 Å². The lowest BCUT2D eigenvalue weighted by atomic mass is 10.2. The quantitative estimate of drug-likeness (QED) is 0.610. The standard InChI is InChI=1S/C18H19ClN2O4/c1-11-8-14(19)5-7-16(11)25-12(2)18(23)21-20-10-13-4-6-15(22)17(9-13)24-3/h4-10,12,22H,1-3H3,(H,21,23)/b20-10-/t12-/m0/s1. The van der Waals surface area contributed by atoms with Crippen LogP contribution in [0.2, 0.25) is 5.02 Å². The van der Waals surface area contributed by atoms with Crippen molar-refractivity contribution in [2.24, 2.45) is 5.10 Å². The molecule has 2 N–H and O–H groups in total. The number of carbonyl (C=O) groups is 1. The maximum absolute atomic E-state index is 12.1. The zero-order valence-electron chi connectivity index (χ0n) is 14.1. The number of carbonyl (C=O) groups excluding carboxylic acids is 1. The first-order valence-corrected chi connectivity index (χ1v) is 7.91. The molecular weight excluding hydrogens is 344 g/mol. The first kappa shape index (κ1) is 18.6. The summed E-state index contributed by atoms with van der Waals surface area (Å²) in [6, 6.07) is 9.90. The molecule has 0 aromatic heterocycles. The molecule has 132 valence electrons. The predicted octanol–water partition coefficient (Wildman–Crippen LogP) is 3.28. The van der Waals surface area contributed by atoms with Gasteiger partial charge in [-0.25, -0.2) is 5.43 Å². The van der Waals surface area contributed by atoms with E-state index >= 15 is 0 Å². The predicted molar refractivity (Wildman–Crippen MR) is 96.7 cm³/mol. The topological polar surface area (TPSA) is 80.2 Å². The minimum absolute atomic E-state index is 0.0315. The number of hydrazone groups is 1. The molecule has 0 heterocycles. The first-order valence-electron chi connectivity index (χ1n) is 7.53. The van der Waals surface area contributed by atoms with Crippen molar-refractivity contribution in [2.45, 2.75) is 20.0 Å². The van der Waals surface area contributed by atoms with Crippen LogP contribution in [-0.4, -0.2) is 30.4 Å². The van der Waals surface area contributed by atoms with Crippen LogP contribution in [0.25, 0.3) is 0 Å². The second kappa shape index (κ2) is 8.39. The number of nitrogens with zero attached hydrogens (tertiary/aromatic N) is 1. The van der Waals surface area contributed by atoms with Crippen LogP contribution in [0.1, 0.15) is 18.1 Å².